The van der Waals surface area contributed by atoms with E-state index in [1.54, 1.807) is 11.4 Å². The van der Waals surface area contributed by atoms with Crippen LogP contribution in [-0.4, -0.2) is 39.0 Å². The fourth-order valence-corrected chi connectivity index (χ4v) is 3.04. The number of hydrogen-bond acceptors (Lipinski definition) is 5. The lowest BCUT2D eigenvalue weighted by molar-refractivity contribution is -0.131. The van der Waals surface area contributed by atoms with Crippen LogP contribution in [0.3, 0.4) is 0 Å². The molecule has 0 amide bonds. The van der Waals surface area contributed by atoms with E-state index in [0.29, 0.717) is 5.56 Å². The summed E-state index contributed by atoms with van der Waals surface area (Å²) in [6.07, 6.45) is 2.46. The standard InChI is InChI=1S/C11H15NO5S2/c1-17-5-7-19(15,16)12-8-10-9(4-6-18-10)2-3-11(13)14/h2-4,6,12H,5,7-8H2,1H3,(H,13,14). The molecule has 0 fully saturated rings. The molecule has 19 heavy (non-hydrogen) atoms. The molecular formula is C11H15NO5S2. The van der Waals surface area contributed by atoms with Crippen LogP contribution < -0.4 is 4.72 Å². The zero-order valence-electron chi connectivity index (χ0n) is 10.3. The third-order valence-electron chi connectivity index (χ3n) is 2.19. The molecule has 1 heterocycles. The van der Waals surface area contributed by atoms with Gasteiger partial charge in [-0.05, 0) is 23.1 Å². The average Bonchev–Trinajstić information content (AvgIpc) is 2.79. The number of nitrogens with one attached hydrogen (secondary N) is 1. The molecule has 0 aromatic carbocycles. The van der Waals surface area contributed by atoms with Gasteiger partial charge in [0.2, 0.25) is 10.0 Å². The Bertz CT molecular complexity index is 547. The van der Waals surface area contributed by atoms with Crippen LogP contribution in [0.25, 0.3) is 6.08 Å². The van der Waals surface area contributed by atoms with E-state index in [4.69, 9.17) is 9.84 Å². The van der Waals surface area contributed by atoms with E-state index in [1.807, 2.05) is 0 Å². The number of carbonyl (C=O) groups is 1. The van der Waals surface area contributed by atoms with Crippen LogP contribution >= 0.6 is 11.3 Å². The van der Waals surface area contributed by atoms with Crippen molar-refractivity contribution in [3.05, 3.63) is 28.0 Å². The molecule has 0 spiro atoms. The predicted octanol–water partition coefficient (Wildman–Crippen LogP) is 0.912. The summed E-state index contributed by atoms with van der Waals surface area (Å²) in [5, 5.41) is 10.3. The van der Waals surface area contributed by atoms with Crippen LogP contribution in [0.4, 0.5) is 0 Å². The second kappa shape index (κ2) is 7.39. The zero-order chi connectivity index (χ0) is 14.3. The van der Waals surface area contributed by atoms with Crippen LogP contribution in [0.1, 0.15) is 10.4 Å². The van der Waals surface area contributed by atoms with Gasteiger partial charge < -0.3 is 9.84 Å². The van der Waals surface area contributed by atoms with Gasteiger partial charge in [-0.2, -0.15) is 0 Å². The lowest BCUT2D eigenvalue weighted by Crippen LogP contribution is -2.27. The topological polar surface area (TPSA) is 92.7 Å². The van der Waals surface area contributed by atoms with E-state index in [0.717, 1.165) is 11.0 Å². The Kier molecular flexibility index (Phi) is 6.16. The maximum absolute atomic E-state index is 11.6. The van der Waals surface area contributed by atoms with E-state index < -0.39 is 16.0 Å². The SMILES string of the molecule is COCCS(=O)(=O)NCc1sccc1C=CC(=O)O. The molecule has 0 radical (unpaired) electrons. The van der Waals surface area contributed by atoms with Gasteiger partial charge in [0.25, 0.3) is 0 Å². The summed E-state index contributed by atoms with van der Waals surface area (Å²) < 4.78 is 30.3. The normalized spacial score (nSPS) is 12.1. The first-order chi connectivity index (χ1) is 8.94. The number of carboxylic acids is 1. The molecule has 0 saturated heterocycles. The lowest BCUT2D eigenvalue weighted by Gasteiger charge is -2.05. The number of sulfonamides is 1. The van der Waals surface area contributed by atoms with Gasteiger partial charge in [0, 0.05) is 24.6 Å². The lowest BCUT2D eigenvalue weighted by atomic mass is 10.2. The van der Waals surface area contributed by atoms with Crippen molar-refractivity contribution in [1.29, 1.82) is 0 Å². The molecule has 0 saturated carbocycles. The molecule has 0 atom stereocenters. The highest BCUT2D eigenvalue weighted by Crippen LogP contribution is 2.18. The van der Waals surface area contributed by atoms with E-state index in [9.17, 15) is 13.2 Å². The average molecular weight is 305 g/mol. The molecule has 1 rings (SSSR count). The minimum Gasteiger partial charge on any atom is -0.478 e. The minimum absolute atomic E-state index is 0.102. The Labute approximate surface area is 115 Å². The third-order valence-corrected chi connectivity index (χ3v) is 4.42. The summed E-state index contributed by atoms with van der Waals surface area (Å²) in [4.78, 5) is 11.2. The van der Waals surface area contributed by atoms with Gasteiger partial charge in [0.15, 0.2) is 0 Å². The zero-order valence-corrected chi connectivity index (χ0v) is 12.0. The first-order valence-electron chi connectivity index (χ1n) is 5.38. The third kappa shape index (κ3) is 5.97. The fourth-order valence-electron chi connectivity index (χ4n) is 1.24. The monoisotopic (exact) mass is 305 g/mol. The van der Waals surface area contributed by atoms with Crippen LogP contribution in [-0.2, 0) is 26.1 Å². The van der Waals surface area contributed by atoms with Crippen molar-refractivity contribution in [2.75, 3.05) is 19.5 Å². The van der Waals surface area contributed by atoms with Crippen molar-refractivity contribution in [2.45, 2.75) is 6.54 Å². The second-order valence-corrected chi connectivity index (χ2v) is 6.53. The molecule has 106 valence electrons. The molecular weight excluding hydrogens is 290 g/mol. The largest absolute Gasteiger partial charge is 0.478 e. The Hall–Kier alpha value is -1.22. The van der Waals surface area contributed by atoms with Crippen LogP contribution in [0.5, 0.6) is 0 Å². The maximum atomic E-state index is 11.6. The van der Waals surface area contributed by atoms with E-state index in [-0.39, 0.29) is 18.9 Å². The number of rotatable bonds is 8. The van der Waals surface area contributed by atoms with E-state index >= 15 is 0 Å². The number of hydrogen-bond donors (Lipinski definition) is 2. The molecule has 0 bridgehead atoms. The molecule has 8 heteroatoms. The van der Waals surface area contributed by atoms with Crippen molar-refractivity contribution < 1.29 is 23.1 Å². The van der Waals surface area contributed by atoms with Gasteiger partial charge >= 0.3 is 5.97 Å². The van der Waals surface area contributed by atoms with Gasteiger partial charge in [-0.25, -0.2) is 17.9 Å². The summed E-state index contributed by atoms with van der Waals surface area (Å²) in [5.41, 5.74) is 0.696. The van der Waals surface area contributed by atoms with Gasteiger partial charge in [0.1, 0.15) is 0 Å². The summed E-state index contributed by atoms with van der Waals surface area (Å²) >= 11 is 1.36. The summed E-state index contributed by atoms with van der Waals surface area (Å²) in [5.74, 6) is -1.15. The van der Waals surface area contributed by atoms with Crippen molar-refractivity contribution in [2.24, 2.45) is 0 Å². The Morgan fingerprint density at radius 1 is 1.58 bits per heavy atom. The van der Waals surface area contributed by atoms with Gasteiger partial charge in [0.05, 0.1) is 12.4 Å². The Morgan fingerprint density at radius 2 is 2.32 bits per heavy atom. The number of ether oxygens (including phenoxy) is 1. The molecule has 0 aliphatic carbocycles. The second-order valence-electron chi connectivity index (χ2n) is 3.60. The summed E-state index contributed by atoms with van der Waals surface area (Å²) in [7, 11) is -1.94. The van der Waals surface area contributed by atoms with Crippen LogP contribution in [0, 0.1) is 0 Å². The predicted molar refractivity (Wildman–Crippen MR) is 73.5 cm³/mol. The highest BCUT2D eigenvalue weighted by Gasteiger charge is 2.11. The van der Waals surface area contributed by atoms with Crippen LogP contribution in [0.2, 0.25) is 0 Å². The van der Waals surface area contributed by atoms with Crippen LogP contribution in [0.15, 0.2) is 17.5 Å². The van der Waals surface area contributed by atoms with Gasteiger partial charge in [-0.1, -0.05) is 0 Å². The molecule has 2 N–H and O–H groups in total. The van der Waals surface area contributed by atoms with Crippen molar-refractivity contribution >= 4 is 33.4 Å². The maximum Gasteiger partial charge on any atom is 0.328 e. The number of thiophene rings is 1. The van der Waals surface area contributed by atoms with Crippen molar-refractivity contribution in [3.8, 4) is 0 Å². The smallest absolute Gasteiger partial charge is 0.328 e. The molecule has 0 unspecified atom stereocenters. The van der Waals surface area contributed by atoms with Crippen molar-refractivity contribution in [3.63, 3.8) is 0 Å². The quantitative estimate of drug-likeness (QED) is 0.696. The van der Waals surface area contributed by atoms with E-state index in [1.165, 1.54) is 24.5 Å². The first-order valence-corrected chi connectivity index (χ1v) is 7.91. The fraction of sp³-hybridized carbons (Fsp3) is 0.364. The number of methoxy groups -OCH3 is 1. The molecule has 0 aliphatic heterocycles. The highest BCUT2D eigenvalue weighted by molar-refractivity contribution is 7.89. The highest BCUT2D eigenvalue weighted by atomic mass is 32.2. The number of aliphatic carboxylic acids is 1. The minimum atomic E-state index is -3.38. The summed E-state index contributed by atoms with van der Waals surface area (Å²) in [6, 6.07) is 1.74. The summed E-state index contributed by atoms with van der Waals surface area (Å²) in [6.45, 7) is 0.272. The van der Waals surface area contributed by atoms with Gasteiger partial charge in [-0.15, -0.1) is 11.3 Å². The van der Waals surface area contributed by atoms with Crippen molar-refractivity contribution in [1.82, 2.24) is 4.72 Å². The van der Waals surface area contributed by atoms with E-state index in [2.05, 4.69) is 4.72 Å². The first kappa shape index (κ1) is 15.8. The number of carboxylic acid groups (broad SMARTS) is 1. The van der Waals surface area contributed by atoms with Gasteiger partial charge in [-0.3, -0.25) is 0 Å². The Morgan fingerprint density at radius 3 is 2.95 bits per heavy atom. The molecule has 1 aromatic rings. The Balaban J connectivity index is 2.64. The molecule has 6 nitrogen and oxygen atoms in total. The molecule has 0 aliphatic rings. The molecule has 1 aromatic heterocycles.